The number of carbonyl (C=O) groups excluding carboxylic acids is 1. The Bertz CT molecular complexity index is 1240. The van der Waals surface area contributed by atoms with Gasteiger partial charge in [0.2, 0.25) is 0 Å². The number of H-pyrrole nitrogens is 1. The minimum atomic E-state index is -0.176. The first-order chi connectivity index (χ1) is 14.9. The first kappa shape index (κ1) is 20.7. The fourth-order valence-corrected chi connectivity index (χ4v) is 3.75. The summed E-state index contributed by atoms with van der Waals surface area (Å²) in [5.74, 6) is 1.39. The normalized spacial score (nSPS) is 11.1. The van der Waals surface area contributed by atoms with E-state index in [-0.39, 0.29) is 12.0 Å². The second-order valence-corrected chi connectivity index (χ2v) is 7.93. The number of ether oxygens (including phenoxy) is 1. The van der Waals surface area contributed by atoms with Crippen molar-refractivity contribution in [2.75, 3.05) is 5.32 Å². The van der Waals surface area contributed by atoms with Crippen molar-refractivity contribution in [2.45, 2.75) is 40.2 Å². The van der Waals surface area contributed by atoms with Gasteiger partial charge >= 0.3 is 0 Å². The largest absolute Gasteiger partial charge is 0.491 e. The molecular weight excluding hydrogens is 386 g/mol. The molecule has 0 radical (unpaired) electrons. The van der Waals surface area contributed by atoms with Crippen LogP contribution < -0.4 is 10.1 Å². The second kappa shape index (κ2) is 8.64. The molecular formula is C26H27N3O2. The zero-order valence-electron chi connectivity index (χ0n) is 18.3. The number of aryl methyl sites for hydroxylation is 2. The monoisotopic (exact) mass is 413 g/mol. The van der Waals surface area contributed by atoms with Crippen molar-refractivity contribution in [1.29, 1.82) is 0 Å². The highest BCUT2D eigenvalue weighted by atomic mass is 16.5. The minimum Gasteiger partial charge on any atom is -0.491 e. The van der Waals surface area contributed by atoms with Crippen molar-refractivity contribution >= 4 is 22.6 Å². The molecule has 0 aliphatic carbocycles. The Kier molecular flexibility index (Phi) is 5.76. The van der Waals surface area contributed by atoms with Gasteiger partial charge in [-0.2, -0.15) is 0 Å². The summed E-state index contributed by atoms with van der Waals surface area (Å²) < 4.78 is 5.71. The van der Waals surface area contributed by atoms with Crippen LogP contribution in [0.15, 0.2) is 60.7 Å². The van der Waals surface area contributed by atoms with Gasteiger partial charge < -0.3 is 15.0 Å². The van der Waals surface area contributed by atoms with E-state index < -0.39 is 0 Å². The van der Waals surface area contributed by atoms with Gasteiger partial charge in [-0.25, -0.2) is 4.98 Å². The van der Waals surface area contributed by atoms with Crippen LogP contribution in [0, 0.1) is 6.92 Å². The molecule has 2 N–H and O–H groups in total. The lowest BCUT2D eigenvalue weighted by Crippen LogP contribution is -2.12. The van der Waals surface area contributed by atoms with E-state index in [0.717, 1.165) is 34.6 Å². The van der Waals surface area contributed by atoms with E-state index in [0.29, 0.717) is 11.3 Å². The quantitative estimate of drug-likeness (QED) is 0.399. The zero-order valence-corrected chi connectivity index (χ0v) is 18.3. The summed E-state index contributed by atoms with van der Waals surface area (Å²) in [7, 11) is 0. The molecule has 0 aliphatic heterocycles. The maximum absolute atomic E-state index is 12.8. The van der Waals surface area contributed by atoms with Crippen molar-refractivity contribution in [3.63, 3.8) is 0 Å². The van der Waals surface area contributed by atoms with Gasteiger partial charge in [0.05, 0.1) is 17.1 Å². The Hall–Kier alpha value is -3.60. The molecule has 0 saturated heterocycles. The van der Waals surface area contributed by atoms with Crippen molar-refractivity contribution < 1.29 is 9.53 Å². The highest BCUT2D eigenvalue weighted by Gasteiger charge is 2.14. The summed E-state index contributed by atoms with van der Waals surface area (Å²) >= 11 is 0. The lowest BCUT2D eigenvalue weighted by atomic mass is 10.00. The van der Waals surface area contributed by atoms with Crippen LogP contribution in [0.5, 0.6) is 5.75 Å². The number of fused-ring (bicyclic) bond motifs is 1. The van der Waals surface area contributed by atoms with Crippen molar-refractivity contribution in [2.24, 2.45) is 0 Å². The standard InChI is InChI=1S/C26H27N3O2/c1-5-18-9-6-8-17(4)24(18)25-28-22-13-12-19(14-23(22)29-25)26(30)27-20-10-7-11-21(15-20)31-16(2)3/h6-16H,5H2,1-4H3,(H,27,30)(H,28,29). The molecule has 0 saturated carbocycles. The summed E-state index contributed by atoms with van der Waals surface area (Å²) in [4.78, 5) is 21.0. The molecule has 158 valence electrons. The highest BCUT2D eigenvalue weighted by molar-refractivity contribution is 6.06. The Morgan fingerprint density at radius 3 is 2.68 bits per heavy atom. The second-order valence-electron chi connectivity index (χ2n) is 7.93. The van der Waals surface area contributed by atoms with E-state index in [1.807, 2.05) is 50.2 Å². The number of nitrogens with zero attached hydrogens (tertiary/aromatic N) is 1. The van der Waals surface area contributed by atoms with Crippen LogP contribution in [0.3, 0.4) is 0 Å². The first-order valence-corrected chi connectivity index (χ1v) is 10.6. The molecule has 31 heavy (non-hydrogen) atoms. The number of hydrogen-bond donors (Lipinski definition) is 2. The number of nitrogens with one attached hydrogen (secondary N) is 2. The molecule has 0 fully saturated rings. The molecule has 0 bridgehead atoms. The fourth-order valence-electron chi connectivity index (χ4n) is 3.75. The molecule has 1 heterocycles. The Morgan fingerprint density at radius 2 is 1.90 bits per heavy atom. The van der Waals surface area contributed by atoms with Crippen molar-refractivity contribution in [3.05, 3.63) is 77.4 Å². The van der Waals surface area contributed by atoms with Gasteiger partial charge in [0.1, 0.15) is 11.6 Å². The van der Waals surface area contributed by atoms with E-state index in [9.17, 15) is 4.79 Å². The van der Waals surface area contributed by atoms with Crippen LogP contribution in [0.1, 0.15) is 42.3 Å². The lowest BCUT2D eigenvalue weighted by Gasteiger charge is -2.11. The average Bonchev–Trinajstić information content (AvgIpc) is 3.16. The molecule has 1 aromatic heterocycles. The third-order valence-electron chi connectivity index (χ3n) is 5.18. The molecule has 1 amide bonds. The third-order valence-corrected chi connectivity index (χ3v) is 5.18. The van der Waals surface area contributed by atoms with Crippen LogP contribution in [0.2, 0.25) is 0 Å². The van der Waals surface area contributed by atoms with Crippen LogP contribution in [-0.2, 0) is 6.42 Å². The molecule has 0 atom stereocenters. The molecule has 0 aliphatic rings. The summed E-state index contributed by atoms with van der Waals surface area (Å²) in [6.45, 7) is 8.18. The van der Waals surface area contributed by atoms with Gasteiger partial charge in [-0.3, -0.25) is 4.79 Å². The molecule has 3 aromatic carbocycles. The smallest absolute Gasteiger partial charge is 0.255 e. The predicted molar refractivity (Wildman–Crippen MR) is 126 cm³/mol. The Morgan fingerprint density at radius 1 is 1.10 bits per heavy atom. The van der Waals surface area contributed by atoms with Gasteiger partial charge in [0.15, 0.2) is 0 Å². The number of anilines is 1. The number of imidazole rings is 1. The van der Waals surface area contributed by atoms with E-state index in [2.05, 4.69) is 42.3 Å². The van der Waals surface area contributed by atoms with E-state index in [4.69, 9.17) is 9.72 Å². The maximum Gasteiger partial charge on any atom is 0.255 e. The van der Waals surface area contributed by atoms with Gasteiger partial charge in [0.25, 0.3) is 5.91 Å². The van der Waals surface area contributed by atoms with Crippen LogP contribution in [0.25, 0.3) is 22.4 Å². The molecule has 0 unspecified atom stereocenters. The summed E-state index contributed by atoms with van der Waals surface area (Å²) in [5, 5.41) is 2.95. The van der Waals surface area contributed by atoms with Gasteiger partial charge in [0, 0.05) is 22.9 Å². The topological polar surface area (TPSA) is 67.0 Å². The summed E-state index contributed by atoms with van der Waals surface area (Å²) in [6, 6.07) is 19.3. The number of benzene rings is 3. The molecule has 0 spiro atoms. The van der Waals surface area contributed by atoms with Gasteiger partial charge in [-0.05, 0) is 68.7 Å². The van der Waals surface area contributed by atoms with Gasteiger partial charge in [-0.1, -0.05) is 31.2 Å². The number of hydrogen-bond acceptors (Lipinski definition) is 3. The third kappa shape index (κ3) is 4.45. The zero-order chi connectivity index (χ0) is 22.0. The summed E-state index contributed by atoms with van der Waals surface area (Å²) in [5.41, 5.74) is 6.50. The van der Waals surface area contributed by atoms with E-state index in [1.54, 1.807) is 6.07 Å². The minimum absolute atomic E-state index is 0.0735. The predicted octanol–water partition coefficient (Wildman–Crippen LogP) is 6.14. The number of aromatic amines is 1. The van der Waals surface area contributed by atoms with Crippen molar-refractivity contribution in [1.82, 2.24) is 9.97 Å². The summed E-state index contributed by atoms with van der Waals surface area (Å²) in [6.07, 6.45) is 1.01. The van der Waals surface area contributed by atoms with E-state index in [1.165, 1.54) is 11.1 Å². The molecule has 5 nitrogen and oxygen atoms in total. The van der Waals surface area contributed by atoms with Gasteiger partial charge in [-0.15, -0.1) is 0 Å². The molecule has 4 rings (SSSR count). The average molecular weight is 414 g/mol. The van der Waals surface area contributed by atoms with Crippen LogP contribution >= 0.6 is 0 Å². The highest BCUT2D eigenvalue weighted by Crippen LogP contribution is 2.28. The number of carbonyl (C=O) groups is 1. The molecule has 5 heteroatoms. The lowest BCUT2D eigenvalue weighted by molar-refractivity contribution is 0.102. The van der Waals surface area contributed by atoms with Crippen LogP contribution in [0.4, 0.5) is 5.69 Å². The Labute approximate surface area is 182 Å². The van der Waals surface area contributed by atoms with E-state index >= 15 is 0 Å². The SMILES string of the molecule is CCc1cccc(C)c1-c1nc2ccc(C(=O)Nc3cccc(OC(C)C)c3)cc2[nH]1. The number of aromatic nitrogens is 2. The number of rotatable bonds is 6. The first-order valence-electron chi connectivity index (χ1n) is 10.6. The maximum atomic E-state index is 12.8. The van der Waals surface area contributed by atoms with Crippen LogP contribution in [-0.4, -0.2) is 22.0 Å². The fraction of sp³-hybridized carbons (Fsp3) is 0.231. The number of amides is 1. The Balaban J connectivity index is 1.61. The van der Waals surface area contributed by atoms with Crippen molar-refractivity contribution in [3.8, 4) is 17.1 Å². The molecule has 4 aromatic rings.